The van der Waals surface area contributed by atoms with Crippen LogP contribution in [0.15, 0.2) is 54.7 Å². The summed E-state index contributed by atoms with van der Waals surface area (Å²) in [5.74, 6) is 1.39. The average Bonchev–Trinajstić information content (AvgIpc) is 2.53. The van der Waals surface area contributed by atoms with Crippen molar-refractivity contribution in [3.8, 4) is 0 Å². The van der Waals surface area contributed by atoms with E-state index in [-0.39, 0.29) is 0 Å². The molecule has 0 N–H and O–H groups in total. The fourth-order valence-corrected chi connectivity index (χ4v) is 3.82. The Labute approximate surface area is 143 Å². The molecule has 1 saturated carbocycles. The van der Waals surface area contributed by atoms with Gasteiger partial charge in [-0.1, -0.05) is 73.6 Å². The number of allylic oxidation sites excluding steroid dienone is 4. The Hall–Kier alpha value is -1.56. The summed E-state index contributed by atoms with van der Waals surface area (Å²) in [5.41, 5.74) is 6.90. The van der Waals surface area contributed by atoms with Gasteiger partial charge in [-0.3, -0.25) is 0 Å². The number of hydrogen-bond acceptors (Lipinski definition) is 0. The van der Waals surface area contributed by atoms with Crippen molar-refractivity contribution in [2.75, 3.05) is 0 Å². The molecule has 0 saturated heterocycles. The van der Waals surface area contributed by atoms with E-state index in [9.17, 15) is 0 Å². The van der Waals surface area contributed by atoms with E-state index in [0.717, 1.165) is 18.8 Å². The molecule has 1 aromatic carbocycles. The van der Waals surface area contributed by atoms with E-state index in [1.807, 2.05) is 0 Å². The molecule has 1 aliphatic carbocycles. The Kier molecular flexibility index (Phi) is 6.45. The van der Waals surface area contributed by atoms with Crippen molar-refractivity contribution in [1.29, 1.82) is 0 Å². The van der Waals surface area contributed by atoms with Crippen LogP contribution in [0.4, 0.5) is 0 Å². The monoisotopic (exact) mass is 308 g/mol. The van der Waals surface area contributed by atoms with Gasteiger partial charge in [-0.15, -0.1) is 0 Å². The molecule has 0 atom stereocenters. The van der Waals surface area contributed by atoms with Crippen molar-refractivity contribution in [3.63, 3.8) is 0 Å². The molecule has 0 heteroatoms. The molecule has 0 amide bonds. The smallest absolute Gasteiger partial charge is 0.0159 e. The molecular formula is C23H32. The van der Waals surface area contributed by atoms with Crippen molar-refractivity contribution < 1.29 is 0 Å². The molecule has 0 radical (unpaired) electrons. The number of rotatable bonds is 6. The predicted octanol–water partition coefficient (Wildman–Crippen LogP) is 7.05. The summed E-state index contributed by atoms with van der Waals surface area (Å²) in [4.78, 5) is 0. The quantitative estimate of drug-likeness (QED) is 0.494. The van der Waals surface area contributed by atoms with Gasteiger partial charge in [0.2, 0.25) is 0 Å². The highest BCUT2D eigenvalue weighted by Crippen LogP contribution is 2.39. The average molecular weight is 309 g/mol. The molecule has 0 unspecified atom stereocenters. The Balaban J connectivity index is 1.90. The topological polar surface area (TPSA) is 0 Å². The van der Waals surface area contributed by atoms with Crippen molar-refractivity contribution >= 4 is 0 Å². The van der Waals surface area contributed by atoms with Gasteiger partial charge in [0.1, 0.15) is 0 Å². The lowest BCUT2D eigenvalue weighted by atomic mass is 9.75. The van der Waals surface area contributed by atoms with Gasteiger partial charge < -0.3 is 0 Å². The fraction of sp³-hybridized carbons (Fsp3) is 0.478. The first-order chi connectivity index (χ1) is 11.0. The maximum Gasteiger partial charge on any atom is -0.0159 e. The van der Waals surface area contributed by atoms with Crippen molar-refractivity contribution in [3.05, 3.63) is 71.3 Å². The third kappa shape index (κ3) is 4.96. The molecular weight excluding hydrogens is 276 g/mol. The number of hydrogen-bond donors (Lipinski definition) is 0. The minimum Gasteiger partial charge on any atom is -0.0958 e. The summed E-state index contributed by atoms with van der Waals surface area (Å²) < 4.78 is 0. The zero-order chi connectivity index (χ0) is 16.8. The van der Waals surface area contributed by atoms with Crippen molar-refractivity contribution in [2.24, 2.45) is 5.92 Å². The Morgan fingerprint density at radius 3 is 2.39 bits per heavy atom. The summed E-state index contributed by atoms with van der Waals surface area (Å²) in [6.45, 7) is 15.0. The SMILES string of the molecule is C=C(/C=C\C(=C)C1CCC(c2ccc(C)cc2C)CC1)CCC. The zero-order valence-electron chi connectivity index (χ0n) is 15.2. The van der Waals surface area contributed by atoms with Gasteiger partial charge in [0.05, 0.1) is 0 Å². The second-order valence-electron chi connectivity index (χ2n) is 7.23. The Bertz CT molecular complexity index is 580. The normalized spacial score (nSPS) is 21.5. The first-order valence-corrected chi connectivity index (χ1v) is 9.13. The number of benzene rings is 1. The fourth-order valence-electron chi connectivity index (χ4n) is 3.82. The third-order valence-corrected chi connectivity index (χ3v) is 5.22. The summed E-state index contributed by atoms with van der Waals surface area (Å²) >= 11 is 0. The van der Waals surface area contributed by atoms with Gasteiger partial charge in [0.25, 0.3) is 0 Å². The van der Waals surface area contributed by atoms with E-state index >= 15 is 0 Å². The minimum atomic E-state index is 0.655. The molecule has 1 aromatic rings. The summed E-state index contributed by atoms with van der Waals surface area (Å²) in [5, 5.41) is 0. The Morgan fingerprint density at radius 1 is 1.09 bits per heavy atom. The molecule has 1 aliphatic rings. The molecule has 2 rings (SSSR count). The van der Waals surface area contributed by atoms with Gasteiger partial charge >= 0.3 is 0 Å². The largest absolute Gasteiger partial charge is 0.0958 e. The molecule has 0 aromatic heterocycles. The van der Waals surface area contributed by atoms with Crippen molar-refractivity contribution in [2.45, 2.75) is 65.2 Å². The maximum absolute atomic E-state index is 4.31. The van der Waals surface area contributed by atoms with Gasteiger partial charge in [0.15, 0.2) is 0 Å². The zero-order valence-corrected chi connectivity index (χ0v) is 15.2. The van der Waals surface area contributed by atoms with Crippen LogP contribution in [0.1, 0.15) is 68.1 Å². The maximum atomic E-state index is 4.31. The molecule has 0 spiro atoms. The van der Waals surface area contributed by atoms with Gasteiger partial charge in [-0.05, 0) is 68.9 Å². The van der Waals surface area contributed by atoms with E-state index in [2.05, 4.69) is 64.3 Å². The summed E-state index contributed by atoms with van der Waals surface area (Å²) in [6.07, 6.45) is 11.7. The number of aryl methyl sites for hydroxylation is 2. The molecule has 0 aliphatic heterocycles. The second-order valence-corrected chi connectivity index (χ2v) is 7.23. The summed E-state index contributed by atoms with van der Waals surface area (Å²) in [6, 6.07) is 6.93. The van der Waals surface area contributed by atoms with Crippen LogP contribution in [0, 0.1) is 19.8 Å². The highest BCUT2D eigenvalue weighted by molar-refractivity contribution is 5.34. The predicted molar refractivity (Wildman–Crippen MR) is 103 cm³/mol. The van der Waals surface area contributed by atoms with Crippen molar-refractivity contribution in [1.82, 2.24) is 0 Å². The second kappa shape index (κ2) is 8.34. The highest BCUT2D eigenvalue weighted by Gasteiger charge is 2.24. The van der Waals surface area contributed by atoms with Crippen LogP contribution in [0.3, 0.4) is 0 Å². The molecule has 0 heterocycles. The molecule has 1 fully saturated rings. The van der Waals surface area contributed by atoms with Crippen LogP contribution in [0.2, 0.25) is 0 Å². The van der Waals surface area contributed by atoms with E-state index in [4.69, 9.17) is 0 Å². The summed E-state index contributed by atoms with van der Waals surface area (Å²) in [7, 11) is 0. The van der Waals surface area contributed by atoms with Crippen LogP contribution < -0.4 is 0 Å². The van der Waals surface area contributed by atoms with E-state index < -0.39 is 0 Å². The van der Waals surface area contributed by atoms with Gasteiger partial charge in [-0.25, -0.2) is 0 Å². The van der Waals surface area contributed by atoms with E-state index in [1.165, 1.54) is 48.0 Å². The Morgan fingerprint density at radius 2 is 1.78 bits per heavy atom. The molecule has 0 bridgehead atoms. The standard InChI is InChI=1S/C23H32/c1-6-7-17(2)8-10-19(4)21-11-13-22(14-12-21)23-15-9-18(3)16-20(23)5/h8-10,15-16,21-22H,2,4,6-7,11-14H2,1,3,5H3/b10-8-. The van der Waals surface area contributed by atoms with Crippen LogP contribution in [0.5, 0.6) is 0 Å². The molecule has 23 heavy (non-hydrogen) atoms. The minimum absolute atomic E-state index is 0.655. The lowest BCUT2D eigenvalue weighted by Crippen LogP contribution is -2.15. The van der Waals surface area contributed by atoms with Crippen LogP contribution >= 0.6 is 0 Å². The van der Waals surface area contributed by atoms with E-state index in [1.54, 1.807) is 5.56 Å². The lowest BCUT2D eigenvalue weighted by Gasteiger charge is -2.30. The molecule has 0 nitrogen and oxygen atoms in total. The van der Waals surface area contributed by atoms with Gasteiger partial charge in [0, 0.05) is 0 Å². The van der Waals surface area contributed by atoms with Crippen LogP contribution in [-0.2, 0) is 0 Å². The highest BCUT2D eigenvalue weighted by atomic mass is 14.3. The third-order valence-electron chi connectivity index (χ3n) is 5.22. The van der Waals surface area contributed by atoms with Gasteiger partial charge in [-0.2, -0.15) is 0 Å². The first-order valence-electron chi connectivity index (χ1n) is 9.13. The lowest BCUT2D eigenvalue weighted by molar-refractivity contribution is 0.367. The first kappa shape index (κ1) is 17.8. The van der Waals surface area contributed by atoms with Crippen LogP contribution in [-0.4, -0.2) is 0 Å². The molecule has 124 valence electrons. The van der Waals surface area contributed by atoms with E-state index in [0.29, 0.717) is 5.92 Å². The van der Waals surface area contributed by atoms with Crippen LogP contribution in [0.25, 0.3) is 0 Å².